The third-order valence-corrected chi connectivity index (χ3v) is 4.65. The van der Waals surface area contributed by atoms with Gasteiger partial charge in [0.1, 0.15) is 5.41 Å². The first-order chi connectivity index (χ1) is 8.50. The molecule has 0 atom stereocenters. The summed E-state index contributed by atoms with van der Waals surface area (Å²) in [6.45, 7) is 6.22. The van der Waals surface area contributed by atoms with Crippen LogP contribution >= 0.6 is 0 Å². The maximum absolute atomic E-state index is 12.5. The molecule has 104 valence electrons. The van der Waals surface area contributed by atoms with Crippen LogP contribution < -0.4 is 11.1 Å². The Labute approximate surface area is 109 Å². The lowest BCUT2D eigenvalue weighted by Gasteiger charge is -2.42. The van der Waals surface area contributed by atoms with Crippen molar-refractivity contribution < 1.29 is 10.0 Å². The Balaban J connectivity index is 2.87. The van der Waals surface area contributed by atoms with Crippen molar-refractivity contribution in [2.75, 3.05) is 0 Å². The smallest absolute Gasteiger partial charge is 0.234 e. The molecule has 0 bridgehead atoms. The fraction of sp³-hybridized carbons (Fsp3) is 0.846. The lowest BCUT2D eigenvalue weighted by atomic mass is 9.66. The molecule has 1 fully saturated rings. The van der Waals surface area contributed by atoms with Crippen molar-refractivity contribution in [3.05, 3.63) is 0 Å². The van der Waals surface area contributed by atoms with Gasteiger partial charge >= 0.3 is 0 Å². The Bertz CT molecular complexity index is 323. The molecule has 0 aliphatic heterocycles. The first-order valence-electron chi connectivity index (χ1n) is 6.81. The van der Waals surface area contributed by atoms with E-state index >= 15 is 0 Å². The molecule has 0 heterocycles. The molecule has 4 N–H and O–H groups in total. The minimum Gasteiger partial charge on any atom is -0.409 e. The molecule has 5 nitrogen and oxygen atoms in total. The molecule has 0 saturated heterocycles. The standard InChI is InChI=1S/C13H25N3O2/c1-4-12(5-2,6-3)15-11(17)13(8-7-9-13)10(14)16-18/h18H,4-9H2,1-3H3,(H2,14,16)(H,15,17). The molecule has 1 aliphatic rings. The second kappa shape index (κ2) is 5.59. The Morgan fingerprint density at radius 1 is 1.33 bits per heavy atom. The van der Waals surface area contributed by atoms with Crippen molar-refractivity contribution in [1.82, 2.24) is 5.32 Å². The summed E-state index contributed by atoms with van der Waals surface area (Å²) in [5.41, 5.74) is 4.75. The summed E-state index contributed by atoms with van der Waals surface area (Å²) in [6.07, 6.45) is 4.94. The van der Waals surface area contributed by atoms with Crippen LogP contribution in [0.15, 0.2) is 5.16 Å². The monoisotopic (exact) mass is 255 g/mol. The van der Waals surface area contributed by atoms with E-state index in [0.717, 1.165) is 25.7 Å². The van der Waals surface area contributed by atoms with E-state index in [0.29, 0.717) is 12.8 Å². The number of carbonyl (C=O) groups is 1. The molecule has 1 amide bonds. The number of nitrogens with zero attached hydrogens (tertiary/aromatic N) is 1. The van der Waals surface area contributed by atoms with Crippen molar-refractivity contribution in [2.24, 2.45) is 16.3 Å². The molecule has 18 heavy (non-hydrogen) atoms. The topological polar surface area (TPSA) is 87.7 Å². The normalized spacial score (nSPS) is 19.2. The maximum Gasteiger partial charge on any atom is 0.234 e. The van der Waals surface area contributed by atoms with Crippen LogP contribution in [0.3, 0.4) is 0 Å². The van der Waals surface area contributed by atoms with E-state index < -0.39 is 5.41 Å². The summed E-state index contributed by atoms with van der Waals surface area (Å²) in [6, 6.07) is 0. The van der Waals surface area contributed by atoms with Crippen molar-refractivity contribution in [3.8, 4) is 0 Å². The molecule has 0 radical (unpaired) electrons. The summed E-state index contributed by atoms with van der Waals surface area (Å²) < 4.78 is 0. The first kappa shape index (κ1) is 14.8. The number of rotatable bonds is 6. The van der Waals surface area contributed by atoms with Crippen LogP contribution in [0, 0.1) is 5.41 Å². The van der Waals surface area contributed by atoms with Gasteiger partial charge in [0, 0.05) is 5.54 Å². The number of amides is 1. The highest BCUT2D eigenvalue weighted by Crippen LogP contribution is 2.42. The molecule has 0 unspecified atom stereocenters. The highest BCUT2D eigenvalue weighted by molar-refractivity contribution is 6.07. The average molecular weight is 255 g/mol. The Hall–Kier alpha value is -1.26. The lowest BCUT2D eigenvalue weighted by Crippen LogP contribution is -2.59. The van der Waals surface area contributed by atoms with Gasteiger partial charge in [-0.2, -0.15) is 0 Å². The van der Waals surface area contributed by atoms with Crippen LogP contribution in [-0.2, 0) is 4.79 Å². The number of amidine groups is 1. The van der Waals surface area contributed by atoms with Crippen molar-refractivity contribution in [2.45, 2.75) is 64.8 Å². The van der Waals surface area contributed by atoms with Gasteiger partial charge in [0.2, 0.25) is 5.91 Å². The Morgan fingerprint density at radius 2 is 1.83 bits per heavy atom. The van der Waals surface area contributed by atoms with Gasteiger partial charge < -0.3 is 16.3 Å². The highest BCUT2D eigenvalue weighted by Gasteiger charge is 2.49. The van der Waals surface area contributed by atoms with Gasteiger partial charge in [-0.1, -0.05) is 32.3 Å². The minimum atomic E-state index is -0.778. The largest absolute Gasteiger partial charge is 0.409 e. The third-order valence-electron chi connectivity index (χ3n) is 4.65. The molecule has 5 heteroatoms. The molecule has 1 rings (SSSR count). The van der Waals surface area contributed by atoms with Gasteiger partial charge in [-0.15, -0.1) is 0 Å². The van der Waals surface area contributed by atoms with Gasteiger partial charge in [-0.3, -0.25) is 4.79 Å². The molecule has 1 aliphatic carbocycles. The van der Waals surface area contributed by atoms with Crippen LogP contribution in [0.25, 0.3) is 0 Å². The molecular weight excluding hydrogens is 230 g/mol. The molecule has 0 aromatic heterocycles. The van der Waals surface area contributed by atoms with E-state index in [-0.39, 0.29) is 17.3 Å². The highest BCUT2D eigenvalue weighted by atomic mass is 16.4. The quantitative estimate of drug-likeness (QED) is 0.293. The lowest BCUT2D eigenvalue weighted by molar-refractivity contribution is -0.133. The molecular formula is C13H25N3O2. The summed E-state index contributed by atoms with van der Waals surface area (Å²) in [4.78, 5) is 12.5. The zero-order chi connectivity index (χ0) is 13.8. The maximum atomic E-state index is 12.5. The Kier molecular flexibility index (Phi) is 4.59. The van der Waals surface area contributed by atoms with Crippen molar-refractivity contribution in [3.63, 3.8) is 0 Å². The molecule has 0 aromatic rings. The van der Waals surface area contributed by atoms with Crippen molar-refractivity contribution >= 4 is 11.7 Å². The predicted molar refractivity (Wildman–Crippen MR) is 71.4 cm³/mol. The van der Waals surface area contributed by atoms with E-state index in [1.165, 1.54) is 0 Å². The van der Waals surface area contributed by atoms with Gasteiger partial charge in [0.25, 0.3) is 0 Å². The SMILES string of the molecule is CCC(CC)(CC)NC(=O)C1(C(N)=NO)CCC1. The number of hydrogen-bond acceptors (Lipinski definition) is 3. The number of nitrogens with two attached hydrogens (primary N) is 1. The van der Waals surface area contributed by atoms with E-state index in [9.17, 15) is 4.79 Å². The third kappa shape index (κ3) is 2.31. The number of hydrogen-bond donors (Lipinski definition) is 3. The van der Waals surface area contributed by atoms with Crippen molar-refractivity contribution in [1.29, 1.82) is 0 Å². The van der Waals surface area contributed by atoms with E-state index in [1.54, 1.807) is 0 Å². The van der Waals surface area contributed by atoms with E-state index in [4.69, 9.17) is 10.9 Å². The van der Waals surface area contributed by atoms with E-state index in [1.807, 2.05) is 0 Å². The second-order valence-electron chi connectivity index (χ2n) is 5.22. The average Bonchev–Trinajstić information content (AvgIpc) is 2.34. The zero-order valence-corrected chi connectivity index (χ0v) is 11.6. The minimum absolute atomic E-state index is 0.0449. The number of oxime groups is 1. The van der Waals surface area contributed by atoms with Crippen LogP contribution in [0.1, 0.15) is 59.3 Å². The predicted octanol–water partition coefficient (Wildman–Crippen LogP) is 1.99. The summed E-state index contributed by atoms with van der Waals surface area (Å²) in [5.74, 6) is -0.0435. The molecule has 0 aromatic carbocycles. The first-order valence-corrected chi connectivity index (χ1v) is 6.81. The van der Waals surface area contributed by atoms with Gasteiger partial charge in [0.05, 0.1) is 0 Å². The summed E-state index contributed by atoms with van der Waals surface area (Å²) >= 11 is 0. The molecule has 0 spiro atoms. The van der Waals surface area contributed by atoms with Gasteiger partial charge in [-0.25, -0.2) is 0 Å². The zero-order valence-electron chi connectivity index (χ0n) is 11.6. The second-order valence-corrected chi connectivity index (χ2v) is 5.22. The van der Waals surface area contributed by atoms with Crippen LogP contribution in [0.2, 0.25) is 0 Å². The van der Waals surface area contributed by atoms with Crippen LogP contribution in [0.4, 0.5) is 0 Å². The van der Waals surface area contributed by atoms with Gasteiger partial charge in [-0.05, 0) is 32.1 Å². The fourth-order valence-electron chi connectivity index (χ4n) is 2.60. The fourth-order valence-corrected chi connectivity index (χ4v) is 2.60. The number of nitrogens with one attached hydrogen (secondary N) is 1. The summed E-state index contributed by atoms with van der Waals surface area (Å²) in [7, 11) is 0. The van der Waals surface area contributed by atoms with Crippen LogP contribution in [-0.4, -0.2) is 22.5 Å². The number of carbonyl (C=O) groups excluding carboxylic acids is 1. The van der Waals surface area contributed by atoms with E-state index in [2.05, 4.69) is 31.2 Å². The van der Waals surface area contributed by atoms with Gasteiger partial charge in [0.15, 0.2) is 5.84 Å². The Morgan fingerprint density at radius 3 is 2.11 bits per heavy atom. The summed E-state index contributed by atoms with van der Waals surface area (Å²) in [5, 5.41) is 15.0. The molecule has 1 saturated carbocycles. The van der Waals surface area contributed by atoms with Crippen LogP contribution in [0.5, 0.6) is 0 Å².